The summed E-state index contributed by atoms with van der Waals surface area (Å²) in [5, 5.41) is 0. The van der Waals surface area contributed by atoms with E-state index in [1.54, 1.807) is 0 Å². The molecule has 0 aliphatic carbocycles. The van der Waals surface area contributed by atoms with Crippen molar-refractivity contribution in [3.8, 4) is 0 Å². The number of hydrogen-bond acceptors (Lipinski definition) is 1. The number of rotatable bonds is 3. The molecule has 2 unspecified atom stereocenters. The van der Waals surface area contributed by atoms with E-state index in [1.165, 1.54) is 11.1 Å². The third-order valence-electron chi connectivity index (χ3n) is 2.54. The lowest BCUT2D eigenvalue weighted by Gasteiger charge is -2.15. The third-order valence-corrected chi connectivity index (χ3v) is 2.54. The first-order chi connectivity index (χ1) is 6.09. The van der Waals surface area contributed by atoms with Gasteiger partial charge in [-0.05, 0) is 31.7 Å². The van der Waals surface area contributed by atoms with Gasteiger partial charge < -0.3 is 5.73 Å². The number of hydrogen-bond donors (Lipinski definition) is 1. The van der Waals surface area contributed by atoms with Crippen LogP contribution in [-0.4, -0.2) is 6.04 Å². The highest BCUT2D eigenvalue weighted by atomic mass is 14.6. The molecule has 2 atom stereocenters. The first-order valence-corrected chi connectivity index (χ1v) is 4.90. The minimum absolute atomic E-state index is 0.278. The summed E-state index contributed by atoms with van der Waals surface area (Å²) in [5.74, 6) is 0.557. The molecule has 0 amide bonds. The van der Waals surface area contributed by atoms with E-state index in [1.807, 2.05) is 0 Å². The predicted octanol–water partition coefficient (Wildman–Crippen LogP) is 2.52. The maximum absolute atomic E-state index is 5.82. The van der Waals surface area contributed by atoms with Gasteiger partial charge in [-0.2, -0.15) is 0 Å². The minimum Gasteiger partial charge on any atom is -0.328 e. The van der Waals surface area contributed by atoms with Crippen LogP contribution in [0.15, 0.2) is 24.3 Å². The molecule has 2 N–H and O–H groups in total. The second kappa shape index (κ2) is 4.43. The van der Waals surface area contributed by atoms with Gasteiger partial charge in [0, 0.05) is 6.04 Å². The van der Waals surface area contributed by atoms with Crippen LogP contribution < -0.4 is 5.73 Å². The Bertz CT molecular complexity index is 266. The van der Waals surface area contributed by atoms with Crippen LogP contribution in [0.1, 0.15) is 25.0 Å². The van der Waals surface area contributed by atoms with Gasteiger partial charge in [0.25, 0.3) is 0 Å². The molecule has 1 nitrogen and oxygen atoms in total. The van der Waals surface area contributed by atoms with Crippen LogP contribution in [-0.2, 0) is 6.42 Å². The average Bonchev–Trinajstić information content (AvgIpc) is 2.04. The average molecular weight is 177 g/mol. The molecule has 0 aliphatic heterocycles. The molecule has 0 bridgehead atoms. The van der Waals surface area contributed by atoms with Crippen molar-refractivity contribution in [1.82, 2.24) is 0 Å². The lowest BCUT2D eigenvalue weighted by Crippen LogP contribution is -2.25. The molecular formula is C12H19N. The number of nitrogens with two attached hydrogens (primary N) is 1. The molecule has 13 heavy (non-hydrogen) atoms. The Labute approximate surface area is 81.0 Å². The van der Waals surface area contributed by atoms with Gasteiger partial charge in [0.05, 0.1) is 0 Å². The normalized spacial score (nSPS) is 15.4. The summed E-state index contributed by atoms with van der Waals surface area (Å²) in [5.41, 5.74) is 8.54. The second-order valence-corrected chi connectivity index (χ2v) is 4.03. The minimum atomic E-state index is 0.278. The lowest BCUT2D eigenvalue weighted by molar-refractivity contribution is 0.481. The highest BCUT2D eigenvalue weighted by Crippen LogP contribution is 2.12. The Morgan fingerprint density at radius 2 is 2.00 bits per heavy atom. The summed E-state index contributed by atoms with van der Waals surface area (Å²) in [6, 6.07) is 8.92. The van der Waals surface area contributed by atoms with Gasteiger partial charge in [-0.1, -0.05) is 36.8 Å². The van der Waals surface area contributed by atoms with Crippen molar-refractivity contribution in [2.45, 2.75) is 33.2 Å². The predicted molar refractivity (Wildman–Crippen MR) is 57.7 cm³/mol. The zero-order valence-electron chi connectivity index (χ0n) is 8.75. The summed E-state index contributed by atoms with van der Waals surface area (Å²) >= 11 is 0. The van der Waals surface area contributed by atoms with Gasteiger partial charge in [-0.15, -0.1) is 0 Å². The maximum atomic E-state index is 5.82. The van der Waals surface area contributed by atoms with Gasteiger partial charge >= 0.3 is 0 Å². The Morgan fingerprint density at radius 3 is 2.54 bits per heavy atom. The van der Waals surface area contributed by atoms with Crippen LogP contribution in [0.3, 0.4) is 0 Å². The highest BCUT2D eigenvalue weighted by Gasteiger charge is 2.07. The van der Waals surface area contributed by atoms with Crippen LogP contribution in [0.25, 0.3) is 0 Å². The molecule has 1 heteroatoms. The van der Waals surface area contributed by atoms with Gasteiger partial charge in [-0.3, -0.25) is 0 Å². The number of benzene rings is 1. The first kappa shape index (κ1) is 10.3. The van der Waals surface area contributed by atoms with Gasteiger partial charge in [-0.25, -0.2) is 0 Å². The number of aryl methyl sites for hydroxylation is 1. The first-order valence-electron chi connectivity index (χ1n) is 4.90. The van der Waals surface area contributed by atoms with Crippen LogP contribution >= 0.6 is 0 Å². The molecule has 0 heterocycles. The van der Waals surface area contributed by atoms with Crippen molar-refractivity contribution in [3.63, 3.8) is 0 Å². The standard InChI is InChI=1S/C12H19N/c1-9-5-4-6-12(7-9)8-10(2)11(3)13/h4-7,10-11H,8,13H2,1-3H3. The second-order valence-electron chi connectivity index (χ2n) is 4.03. The van der Waals surface area contributed by atoms with E-state index in [4.69, 9.17) is 5.73 Å². The fourth-order valence-corrected chi connectivity index (χ4v) is 1.40. The quantitative estimate of drug-likeness (QED) is 0.754. The van der Waals surface area contributed by atoms with Crippen LogP contribution in [0, 0.1) is 12.8 Å². The SMILES string of the molecule is Cc1cccc(CC(C)C(C)N)c1. The molecule has 1 aromatic rings. The van der Waals surface area contributed by atoms with Gasteiger partial charge in [0.15, 0.2) is 0 Å². The van der Waals surface area contributed by atoms with E-state index in [0.717, 1.165) is 6.42 Å². The third kappa shape index (κ3) is 3.19. The van der Waals surface area contributed by atoms with Crippen LogP contribution in [0.2, 0.25) is 0 Å². The van der Waals surface area contributed by atoms with E-state index < -0.39 is 0 Å². The smallest absolute Gasteiger partial charge is 0.00393 e. The fourth-order valence-electron chi connectivity index (χ4n) is 1.40. The van der Waals surface area contributed by atoms with E-state index in [0.29, 0.717) is 5.92 Å². The lowest BCUT2D eigenvalue weighted by atomic mass is 9.95. The summed E-state index contributed by atoms with van der Waals surface area (Å²) < 4.78 is 0. The Kier molecular flexibility index (Phi) is 3.49. The largest absolute Gasteiger partial charge is 0.328 e. The molecule has 72 valence electrons. The molecule has 0 fully saturated rings. The van der Waals surface area contributed by atoms with Crippen LogP contribution in [0.5, 0.6) is 0 Å². The van der Waals surface area contributed by atoms with Crippen molar-refractivity contribution in [2.75, 3.05) is 0 Å². The van der Waals surface area contributed by atoms with Crippen molar-refractivity contribution in [3.05, 3.63) is 35.4 Å². The molecule has 1 rings (SSSR count). The zero-order valence-corrected chi connectivity index (χ0v) is 8.75. The molecule has 0 saturated carbocycles. The van der Waals surface area contributed by atoms with E-state index in [2.05, 4.69) is 45.0 Å². The molecule has 1 aromatic carbocycles. The Hall–Kier alpha value is -0.820. The molecule has 0 radical (unpaired) electrons. The van der Waals surface area contributed by atoms with Gasteiger partial charge in [0.1, 0.15) is 0 Å². The van der Waals surface area contributed by atoms with Gasteiger partial charge in [0.2, 0.25) is 0 Å². The fraction of sp³-hybridized carbons (Fsp3) is 0.500. The molecular weight excluding hydrogens is 158 g/mol. The Balaban J connectivity index is 2.64. The Morgan fingerprint density at radius 1 is 1.31 bits per heavy atom. The van der Waals surface area contributed by atoms with E-state index in [-0.39, 0.29) is 6.04 Å². The topological polar surface area (TPSA) is 26.0 Å². The van der Waals surface area contributed by atoms with Crippen molar-refractivity contribution in [2.24, 2.45) is 11.7 Å². The molecule has 0 aliphatic rings. The summed E-state index contributed by atoms with van der Waals surface area (Å²) in [7, 11) is 0. The zero-order chi connectivity index (χ0) is 9.84. The van der Waals surface area contributed by atoms with Crippen LogP contribution in [0.4, 0.5) is 0 Å². The van der Waals surface area contributed by atoms with Crippen molar-refractivity contribution in [1.29, 1.82) is 0 Å². The van der Waals surface area contributed by atoms with E-state index in [9.17, 15) is 0 Å². The molecule has 0 spiro atoms. The van der Waals surface area contributed by atoms with Crippen molar-refractivity contribution >= 4 is 0 Å². The van der Waals surface area contributed by atoms with E-state index >= 15 is 0 Å². The molecule has 0 saturated heterocycles. The highest BCUT2D eigenvalue weighted by molar-refractivity contribution is 5.22. The summed E-state index contributed by atoms with van der Waals surface area (Å²) in [6.07, 6.45) is 1.08. The maximum Gasteiger partial charge on any atom is 0.00393 e. The molecule has 0 aromatic heterocycles. The van der Waals surface area contributed by atoms with Crippen molar-refractivity contribution < 1.29 is 0 Å². The monoisotopic (exact) mass is 177 g/mol. The summed E-state index contributed by atoms with van der Waals surface area (Å²) in [4.78, 5) is 0. The summed E-state index contributed by atoms with van der Waals surface area (Å²) in [6.45, 7) is 6.40.